The summed E-state index contributed by atoms with van der Waals surface area (Å²) in [5.41, 5.74) is 3.16. The van der Waals surface area contributed by atoms with Crippen LogP contribution < -0.4 is 4.90 Å². The van der Waals surface area contributed by atoms with E-state index in [1.807, 2.05) is 77.7 Å². The normalized spacial score (nSPS) is 17.9. The van der Waals surface area contributed by atoms with Crippen molar-refractivity contribution in [2.75, 3.05) is 12.0 Å². The van der Waals surface area contributed by atoms with Gasteiger partial charge in [-0.25, -0.2) is 4.79 Å². The van der Waals surface area contributed by atoms with Crippen molar-refractivity contribution in [2.24, 2.45) is 0 Å². The monoisotopic (exact) mass is 426 g/mol. The Hall–Kier alpha value is -4.19. The second-order valence-electron chi connectivity index (χ2n) is 7.38. The van der Waals surface area contributed by atoms with Crippen molar-refractivity contribution in [3.8, 4) is 0 Å². The van der Waals surface area contributed by atoms with E-state index in [1.165, 1.54) is 19.2 Å². The summed E-state index contributed by atoms with van der Waals surface area (Å²) in [4.78, 5) is 25.3. The SMILES string of the molecule is COC(=O)C1=C[C@H](c2ccccc2)[C@H](/C=C/c2ccccc2)N1c1ccc([N+](=O)[O-])cc1. The van der Waals surface area contributed by atoms with Gasteiger partial charge in [0.15, 0.2) is 0 Å². The molecule has 0 amide bonds. The van der Waals surface area contributed by atoms with E-state index in [2.05, 4.69) is 6.08 Å². The van der Waals surface area contributed by atoms with Crippen LogP contribution in [0.3, 0.4) is 0 Å². The number of hydrogen-bond acceptors (Lipinski definition) is 5. The molecule has 6 heteroatoms. The van der Waals surface area contributed by atoms with Gasteiger partial charge in [0.05, 0.1) is 18.1 Å². The fraction of sp³-hybridized carbons (Fsp3) is 0.115. The quantitative estimate of drug-likeness (QED) is 0.302. The molecule has 3 aromatic carbocycles. The number of carbonyl (C=O) groups is 1. The Morgan fingerprint density at radius 2 is 1.59 bits per heavy atom. The highest BCUT2D eigenvalue weighted by Crippen LogP contribution is 2.40. The molecule has 1 aliphatic heterocycles. The van der Waals surface area contributed by atoms with Crippen LogP contribution in [0.1, 0.15) is 17.0 Å². The van der Waals surface area contributed by atoms with Crippen LogP contribution in [0.5, 0.6) is 0 Å². The molecule has 0 aliphatic carbocycles. The van der Waals surface area contributed by atoms with Crippen LogP contribution in [0.4, 0.5) is 11.4 Å². The lowest BCUT2D eigenvalue weighted by Gasteiger charge is -2.30. The second kappa shape index (κ2) is 9.31. The van der Waals surface area contributed by atoms with E-state index in [4.69, 9.17) is 4.74 Å². The molecule has 3 aromatic rings. The number of esters is 1. The number of rotatable bonds is 6. The molecule has 0 N–H and O–H groups in total. The molecule has 0 aromatic heterocycles. The van der Waals surface area contributed by atoms with Crippen LogP contribution in [0.15, 0.2) is 103 Å². The van der Waals surface area contributed by atoms with Gasteiger partial charge in [-0.15, -0.1) is 0 Å². The van der Waals surface area contributed by atoms with E-state index < -0.39 is 10.9 Å². The number of nitro groups is 1. The first-order valence-corrected chi connectivity index (χ1v) is 10.2. The average molecular weight is 426 g/mol. The first kappa shape index (κ1) is 21.1. The maximum Gasteiger partial charge on any atom is 0.354 e. The zero-order valence-corrected chi connectivity index (χ0v) is 17.5. The van der Waals surface area contributed by atoms with Gasteiger partial charge >= 0.3 is 5.97 Å². The van der Waals surface area contributed by atoms with E-state index >= 15 is 0 Å². The van der Waals surface area contributed by atoms with Gasteiger partial charge in [0, 0.05) is 23.7 Å². The van der Waals surface area contributed by atoms with Gasteiger partial charge in [-0.05, 0) is 29.3 Å². The third kappa shape index (κ3) is 4.30. The van der Waals surface area contributed by atoms with E-state index in [-0.39, 0.29) is 17.6 Å². The molecule has 0 bridgehead atoms. The first-order valence-electron chi connectivity index (χ1n) is 10.2. The molecule has 0 fully saturated rings. The van der Waals surface area contributed by atoms with Crippen LogP contribution in [0.2, 0.25) is 0 Å². The molecule has 0 saturated carbocycles. The molecule has 1 heterocycles. The zero-order chi connectivity index (χ0) is 22.5. The number of anilines is 1. The maximum atomic E-state index is 12.7. The minimum absolute atomic E-state index is 0.00692. The molecular formula is C26H22N2O4. The molecule has 2 atom stereocenters. The highest BCUT2D eigenvalue weighted by atomic mass is 16.6. The van der Waals surface area contributed by atoms with Crippen molar-refractivity contribution in [2.45, 2.75) is 12.0 Å². The number of nitrogens with zero attached hydrogens (tertiary/aromatic N) is 2. The Bertz CT molecular complexity index is 1160. The Labute approximate surface area is 186 Å². The molecule has 0 spiro atoms. The van der Waals surface area contributed by atoms with Crippen LogP contribution >= 0.6 is 0 Å². The molecule has 6 nitrogen and oxygen atoms in total. The summed E-state index contributed by atoms with van der Waals surface area (Å²) in [6.45, 7) is 0. The van der Waals surface area contributed by atoms with Gasteiger partial charge in [-0.1, -0.05) is 72.8 Å². The summed E-state index contributed by atoms with van der Waals surface area (Å²) in [7, 11) is 1.35. The van der Waals surface area contributed by atoms with Crippen LogP contribution in [-0.4, -0.2) is 24.0 Å². The predicted octanol–water partition coefficient (Wildman–Crippen LogP) is 5.34. The van der Waals surface area contributed by atoms with Crippen LogP contribution in [-0.2, 0) is 9.53 Å². The number of methoxy groups -OCH3 is 1. The van der Waals surface area contributed by atoms with E-state index in [1.54, 1.807) is 12.1 Å². The second-order valence-corrected chi connectivity index (χ2v) is 7.38. The van der Waals surface area contributed by atoms with Gasteiger partial charge in [0.25, 0.3) is 5.69 Å². The Balaban J connectivity index is 1.81. The summed E-state index contributed by atoms with van der Waals surface area (Å²) >= 11 is 0. The highest BCUT2D eigenvalue weighted by molar-refractivity contribution is 5.95. The van der Waals surface area contributed by atoms with Gasteiger partial charge in [-0.2, -0.15) is 0 Å². The van der Waals surface area contributed by atoms with Crippen molar-refractivity contribution in [1.29, 1.82) is 0 Å². The van der Waals surface area contributed by atoms with Gasteiger partial charge in [-0.3, -0.25) is 10.1 Å². The van der Waals surface area contributed by atoms with Gasteiger partial charge < -0.3 is 9.64 Å². The minimum Gasteiger partial charge on any atom is -0.464 e. The summed E-state index contributed by atoms with van der Waals surface area (Å²) < 4.78 is 5.06. The molecule has 0 saturated heterocycles. The van der Waals surface area contributed by atoms with E-state index in [9.17, 15) is 14.9 Å². The number of hydrogen-bond donors (Lipinski definition) is 0. The third-order valence-electron chi connectivity index (χ3n) is 5.47. The molecule has 32 heavy (non-hydrogen) atoms. The topological polar surface area (TPSA) is 72.7 Å². The largest absolute Gasteiger partial charge is 0.464 e. The van der Waals surface area contributed by atoms with Crippen molar-refractivity contribution in [3.63, 3.8) is 0 Å². The molecule has 4 rings (SSSR count). The molecule has 0 unspecified atom stereocenters. The zero-order valence-electron chi connectivity index (χ0n) is 17.5. The molecular weight excluding hydrogens is 404 g/mol. The van der Waals surface area contributed by atoms with Crippen molar-refractivity contribution < 1.29 is 14.5 Å². The van der Waals surface area contributed by atoms with E-state index in [0.717, 1.165) is 11.1 Å². The summed E-state index contributed by atoms with van der Waals surface area (Å²) in [6.07, 6.45) is 5.98. The molecule has 1 aliphatic rings. The summed E-state index contributed by atoms with van der Waals surface area (Å²) in [5, 5.41) is 11.1. The van der Waals surface area contributed by atoms with Crippen LogP contribution in [0.25, 0.3) is 6.08 Å². The number of ether oxygens (including phenoxy) is 1. The summed E-state index contributed by atoms with van der Waals surface area (Å²) in [6, 6.07) is 25.8. The number of benzene rings is 3. The lowest BCUT2D eigenvalue weighted by Crippen LogP contribution is -2.34. The molecule has 0 radical (unpaired) electrons. The Morgan fingerprint density at radius 1 is 0.969 bits per heavy atom. The number of non-ortho nitro benzene ring substituents is 1. The van der Waals surface area contributed by atoms with Crippen molar-refractivity contribution >= 4 is 23.4 Å². The first-order chi connectivity index (χ1) is 15.6. The third-order valence-corrected chi connectivity index (χ3v) is 5.47. The fourth-order valence-corrected chi connectivity index (χ4v) is 3.94. The van der Waals surface area contributed by atoms with Crippen molar-refractivity contribution in [3.05, 3.63) is 124 Å². The fourth-order valence-electron chi connectivity index (χ4n) is 3.94. The Morgan fingerprint density at radius 3 is 2.19 bits per heavy atom. The molecule has 160 valence electrons. The van der Waals surface area contributed by atoms with Gasteiger partial charge in [0.2, 0.25) is 0 Å². The minimum atomic E-state index is -0.458. The average Bonchev–Trinajstić information content (AvgIpc) is 3.23. The Kier molecular flexibility index (Phi) is 6.12. The van der Waals surface area contributed by atoms with Crippen molar-refractivity contribution in [1.82, 2.24) is 0 Å². The lowest BCUT2D eigenvalue weighted by atomic mass is 9.92. The lowest BCUT2D eigenvalue weighted by molar-refractivity contribution is -0.384. The smallest absolute Gasteiger partial charge is 0.354 e. The van der Waals surface area contributed by atoms with E-state index in [0.29, 0.717) is 11.4 Å². The predicted molar refractivity (Wildman–Crippen MR) is 124 cm³/mol. The van der Waals surface area contributed by atoms with Crippen LogP contribution in [0, 0.1) is 10.1 Å². The highest BCUT2D eigenvalue weighted by Gasteiger charge is 2.38. The van der Waals surface area contributed by atoms with Gasteiger partial charge in [0.1, 0.15) is 5.70 Å². The number of nitro benzene ring substituents is 1. The number of carbonyl (C=O) groups excluding carboxylic acids is 1. The standard InChI is InChI=1S/C26H22N2O4/c1-32-26(29)25-18-23(20-10-6-3-7-11-20)24(17-12-19-8-4-2-5-9-19)27(25)21-13-15-22(16-14-21)28(30)31/h2-18,23-24H,1H3/b17-12+/t23-,24+/m1/s1. The maximum absolute atomic E-state index is 12.7. The summed E-state index contributed by atoms with van der Waals surface area (Å²) in [5.74, 6) is -0.569.